The summed E-state index contributed by atoms with van der Waals surface area (Å²) < 4.78 is 0. The van der Waals surface area contributed by atoms with E-state index in [-0.39, 0.29) is 5.57 Å². The number of Topliss-reactive ketones (excluding diaryl/α,β-unsaturated/α-hetero) is 1. The quantitative estimate of drug-likeness (QED) is 0.799. The SMILES string of the molecule is C=C(C(C)=O)C1(O)C(=O)N(C)c2ccc(C)cc21. The summed E-state index contributed by atoms with van der Waals surface area (Å²) in [6, 6.07) is 5.32. The Hall–Kier alpha value is -1.94. The second-order valence-electron chi connectivity index (χ2n) is 4.63. The van der Waals surface area contributed by atoms with Gasteiger partial charge in [0.05, 0.1) is 5.69 Å². The van der Waals surface area contributed by atoms with Crippen LogP contribution in [0, 0.1) is 6.92 Å². The Morgan fingerprint density at radius 2 is 2.06 bits per heavy atom. The first kappa shape index (κ1) is 12.5. The van der Waals surface area contributed by atoms with Gasteiger partial charge in [-0.25, -0.2) is 0 Å². The monoisotopic (exact) mass is 245 g/mol. The number of likely N-dealkylation sites (N-methyl/N-ethyl adjacent to an activating group) is 1. The second kappa shape index (κ2) is 3.78. The van der Waals surface area contributed by atoms with E-state index in [0.717, 1.165) is 5.56 Å². The van der Waals surface area contributed by atoms with Crippen molar-refractivity contribution >= 4 is 17.4 Å². The molecule has 0 aliphatic carbocycles. The van der Waals surface area contributed by atoms with E-state index in [2.05, 4.69) is 6.58 Å². The van der Waals surface area contributed by atoms with Gasteiger partial charge < -0.3 is 10.0 Å². The topological polar surface area (TPSA) is 57.6 Å². The van der Waals surface area contributed by atoms with Crippen LogP contribution in [-0.2, 0) is 15.2 Å². The molecule has 18 heavy (non-hydrogen) atoms. The number of carbonyl (C=O) groups is 2. The molecular formula is C14H15NO3. The maximum atomic E-state index is 12.2. The van der Waals surface area contributed by atoms with Gasteiger partial charge in [-0.3, -0.25) is 9.59 Å². The van der Waals surface area contributed by atoms with Crippen LogP contribution in [0.4, 0.5) is 5.69 Å². The molecule has 1 atom stereocenters. The molecule has 1 aliphatic heterocycles. The summed E-state index contributed by atoms with van der Waals surface area (Å²) in [5.41, 5.74) is -0.0805. The number of hydrogen-bond acceptors (Lipinski definition) is 3. The fraction of sp³-hybridized carbons (Fsp3) is 0.286. The Morgan fingerprint density at radius 1 is 1.44 bits per heavy atom. The fourth-order valence-electron chi connectivity index (χ4n) is 2.25. The van der Waals surface area contributed by atoms with Gasteiger partial charge in [-0.05, 0) is 19.9 Å². The molecule has 94 valence electrons. The summed E-state index contributed by atoms with van der Waals surface area (Å²) in [4.78, 5) is 25.0. The van der Waals surface area contributed by atoms with Crippen molar-refractivity contribution < 1.29 is 14.7 Å². The minimum absolute atomic E-state index is 0.0938. The summed E-state index contributed by atoms with van der Waals surface area (Å²) in [7, 11) is 1.57. The smallest absolute Gasteiger partial charge is 0.268 e. The highest BCUT2D eigenvalue weighted by Gasteiger charge is 2.51. The molecule has 1 aromatic carbocycles. The number of benzene rings is 1. The number of anilines is 1. The number of fused-ring (bicyclic) bond motifs is 1. The molecule has 1 amide bonds. The summed E-state index contributed by atoms with van der Waals surface area (Å²) >= 11 is 0. The van der Waals surface area contributed by atoms with Crippen molar-refractivity contribution in [2.24, 2.45) is 0 Å². The highest BCUT2D eigenvalue weighted by atomic mass is 16.3. The molecule has 0 saturated carbocycles. The number of rotatable bonds is 2. The second-order valence-corrected chi connectivity index (χ2v) is 4.63. The lowest BCUT2D eigenvalue weighted by atomic mass is 9.85. The molecule has 1 aromatic rings. The molecule has 1 unspecified atom stereocenters. The van der Waals surface area contributed by atoms with E-state index in [1.165, 1.54) is 11.8 Å². The lowest BCUT2D eigenvalue weighted by Crippen LogP contribution is -2.41. The normalized spacial score (nSPS) is 22.0. The lowest BCUT2D eigenvalue weighted by Gasteiger charge is -2.22. The summed E-state index contributed by atoms with van der Waals surface area (Å²) in [5.74, 6) is -0.933. The average Bonchev–Trinajstić information content (AvgIpc) is 2.51. The van der Waals surface area contributed by atoms with Crippen molar-refractivity contribution in [1.29, 1.82) is 0 Å². The Kier molecular flexibility index (Phi) is 2.63. The van der Waals surface area contributed by atoms with E-state index in [1.54, 1.807) is 19.2 Å². The maximum Gasteiger partial charge on any atom is 0.268 e. The molecule has 0 saturated heterocycles. The first-order chi connectivity index (χ1) is 8.30. The van der Waals surface area contributed by atoms with Crippen molar-refractivity contribution in [1.82, 2.24) is 0 Å². The van der Waals surface area contributed by atoms with Crippen molar-refractivity contribution in [3.05, 3.63) is 41.5 Å². The first-order valence-electron chi connectivity index (χ1n) is 5.62. The Balaban J connectivity index is 2.71. The number of nitrogens with zero attached hydrogens (tertiary/aromatic N) is 1. The van der Waals surface area contributed by atoms with Crippen LogP contribution >= 0.6 is 0 Å². The third kappa shape index (κ3) is 1.42. The fourth-order valence-corrected chi connectivity index (χ4v) is 2.25. The van der Waals surface area contributed by atoms with Gasteiger partial charge in [0.15, 0.2) is 11.4 Å². The van der Waals surface area contributed by atoms with Gasteiger partial charge in [0.25, 0.3) is 5.91 Å². The van der Waals surface area contributed by atoms with E-state index >= 15 is 0 Å². The first-order valence-corrected chi connectivity index (χ1v) is 5.62. The van der Waals surface area contributed by atoms with Gasteiger partial charge in [0.2, 0.25) is 0 Å². The number of aliphatic hydroxyl groups is 1. The Labute approximate surface area is 106 Å². The largest absolute Gasteiger partial charge is 0.372 e. The summed E-state index contributed by atoms with van der Waals surface area (Å²) in [6.45, 7) is 6.73. The van der Waals surface area contributed by atoms with Crippen LogP contribution in [0.2, 0.25) is 0 Å². The third-order valence-corrected chi connectivity index (χ3v) is 3.38. The molecule has 0 aromatic heterocycles. The van der Waals surface area contributed by atoms with E-state index in [9.17, 15) is 14.7 Å². The van der Waals surface area contributed by atoms with Crippen molar-refractivity contribution in [3.8, 4) is 0 Å². The van der Waals surface area contributed by atoms with Crippen LogP contribution in [-0.4, -0.2) is 23.8 Å². The number of ketones is 1. The third-order valence-electron chi connectivity index (χ3n) is 3.38. The zero-order chi connectivity index (χ0) is 13.7. The number of amides is 1. The van der Waals surface area contributed by atoms with Gasteiger partial charge in [0.1, 0.15) is 0 Å². The molecule has 0 spiro atoms. The molecule has 1 heterocycles. The Bertz CT molecular complexity index is 576. The van der Waals surface area contributed by atoms with E-state index in [4.69, 9.17) is 0 Å². The number of hydrogen-bond donors (Lipinski definition) is 1. The number of aryl methyl sites for hydroxylation is 1. The van der Waals surface area contributed by atoms with Crippen LogP contribution in [0.3, 0.4) is 0 Å². The molecule has 1 aliphatic rings. The maximum absolute atomic E-state index is 12.2. The summed E-state index contributed by atoms with van der Waals surface area (Å²) in [6.07, 6.45) is 0. The lowest BCUT2D eigenvalue weighted by molar-refractivity contribution is -0.134. The van der Waals surface area contributed by atoms with Gasteiger partial charge in [-0.15, -0.1) is 0 Å². The summed E-state index contributed by atoms with van der Waals surface area (Å²) in [5, 5.41) is 10.6. The highest BCUT2D eigenvalue weighted by molar-refractivity contribution is 6.14. The van der Waals surface area contributed by atoms with Crippen molar-refractivity contribution in [2.45, 2.75) is 19.4 Å². The molecule has 0 fully saturated rings. The van der Waals surface area contributed by atoms with Crippen molar-refractivity contribution in [2.75, 3.05) is 11.9 Å². The minimum Gasteiger partial charge on any atom is -0.372 e. The van der Waals surface area contributed by atoms with Crippen LogP contribution < -0.4 is 4.90 Å². The molecule has 4 nitrogen and oxygen atoms in total. The van der Waals surface area contributed by atoms with Gasteiger partial charge >= 0.3 is 0 Å². The van der Waals surface area contributed by atoms with Gasteiger partial charge in [-0.2, -0.15) is 0 Å². The highest BCUT2D eigenvalue weighted by Crippen LogP contribution is 2.43. The van der Waals surface area contributed by atoms with E-state index in [1.807, 2.05) is 13.0 Å². The molecule has 1 N–H and O–H groups in total. The average molecular weight is 245 g/mol. The van der Waals surface area contributed by atoms with Gasteiger partial charge in [-0.1, -0.05) is 24.3 Å². The van der Waals surface area contributed by atoms with E-state index in [0.29, 0.717) is 11.3 Å². The standard InChI is InChI=1S/C14H15NO3/c1-8-5-6-12-11(7-8)14(18,9(2)10(3)16)13(17)15(12)4/h5-7,18H,2H2,1,3-4H3. The Morgan fingerprint density at radius 3 is 2.61 bits per heavy atom. The predicted molar refractivity (Wildman–Crippen MR) is 68.3 cm³/mol. The van der Waals surface area contributed by atoms with E-state index < -0.39 is 17.3 Å². The van der Waals surface area contributed by atoms with Crippen LogP contribution in [0.5, 0.6) is 0 Å². The van der Waals surface area contributed by atoms with Crippen LogP contribution in [0.15, 0.2) is 30.4 Å². The zero-order valence-corrected chi connectivity index (χ0v) is 10.7. The zero-order valence-electron chi connectivity index (χ0n) is 10.7. The molecular weight excluding hydrogens is 230 g/mol. The molecule has 0 radical (unpaired) electrons. The van der Waals surface area contributed by atoms with Gasteiger partial charge in [0, 0.05) is 18.2 Å². The number of carbonyl (C=O) groups excluding carboxylic acids is 2. The van der Waals surface area contributed by atoms with Crippen LogP contribution in [0.1, 0.15) is 18.1 Å². The van der Waals surface area contributed by atoms with Crippen LogP contribution in [0.25, 0.3) is 0 Å². The molecule has 2 rings (SSSR count). The molecule has 0 bridgehead atoms. The van der Waals surface area contributed by atoms with Crippen molar-refractivity contribution in [3.63, 3.8) is 0 Å². The molecule has 4 heteroatoms. The minimum atomic E-state index is -1.93. The predicted octanol–water partition coefficient (Wildman–Crippen LogP) is 1.30.